The average Bonchev–Trinajstić information content (AvgIpc) is 2.90. The molecule has 2 saturated carbocycles. The lowest BCUT2D eigenvalue weighted by molar-refractivity contribution is 0.0618. The molecule has 3 aliphatic rings. The molecule has 0 aromatic heterocycles. The smallest absolute Gasteiger partial charge is 0.182 e. The van der Waals surface area contributed by atoms with Crippen LogP contribution < -0.4 is 0 Å². The zero-order chi connectivity index (χ0) is 24.8. The standard InChI is InChI=1S/C33H48F2/c1-4-5-7-10-26-13-15-27(16-14-26)24(2)28-17-19-29(20-18-28)25(3)33(35)22-21-31(23-32(33)34)30-11-8-6-9-12-30/h6,8-9,11-12,21-29,31H,4-5,7,10,13-20H2,1-3H3. The molecule has 1 aromatic rings. The van der Waals surface area contributed by atoms with Crippen molar-refractivity contribution >= 4 is 0 Å². The van der Waals surface area contributed by atoms with Crippen LogP contribution in [0.5, 0.6) is 0 Å². The monoisotopic (exact) mass is 482 g/mol. The van der Waals surface area contributed by atoms with Gasteiger partial charge in [-0.15, -0.1) is 0 Å². The first kappa shape index (κ1) is 26.6. The molecule has 3 aliphatic carbocycles. The van der Waals surface area contributed by atoms with E-state index in [0.717, 1.165) is 42.1 Å². The highest BCUT2D eigenvalue weighted by molar-refractivity contribution is 5.38. The third kappa shape index (κ3) is 6.28. The molecule has 1 aromatic carbocycles. The van der Waals surface area contributed by atoms with Crippen molar-refractivity contribution in [3.63, 3.8) is 0 Å². The number of hydrogen-bond acceptors (Lipinski definition) is 0. The zero-order valence-corrected chi connectivity index (χ0v) is 22.4. The Balaban J connectivity index is 1.27. The Bertz CT molecular complexity index is 826. The van der Waals surface area contributed by atoms with Crippen molar-refractivity contribution in [1.82, 2.24) is 0 Å². The summed E-state index contributed by atoms with van der Waals surface area (Å²) < 4.78 is 31.2. The van der Waals surface area contributed by atoms with Crippen LogP contribution in [0.1, 0.15) is 109 Å². The molecule has 4 atom stereocenters. The van der Waals surface area contributed by atoms with Crippen molar-refractivity contribution in [2.75, 3.05) is 0 Å². The summed E-state index contributed by atoms with van der Waals surface area (Å²) >= 11 is 0. The van der Waals surface area contributed by atoms with Gasteiger partial charge in [0.1, 0.15) is 5.83 Å². The Morgan fingerprint density at radius 2 is 1.46 bits per heavy atom. The van der Waals surface area contributed by atoms with E-state index in [1.54, 1.807) is 0 Å². The summed E-state index contributed by atoms with van der Waals surface area (Å²) in [6, 6.07) is 9.82. The molecule has 0 radical (unpaired) electrons. The second-order valence-electron chi connectivity index (χ2n) is 12.2. The van der Waals surface area contributed by atoms with Crippen molar-refractivity contribution < 1.29 is 8.78 Å². The van der Waals surface area contributed by atoms with Crippen LogP contribution in [0, 0.1) is 35.5 Å². The summed E-state index contributed by atoms with van der Waals surface area (Å²) in [5.41, 5.74) is -0.942. The van der Waals surface area contributed by atoms with Gasteiger partial charge in [0.15, 0.2) is 5.67 Å². The summed E-state index contributed by atoms with van der Waals surface area (Å²) in [7, 11) is 0. The van der Waals surface area contributed by atoms with E-state index < -0.39 is 11.5 Å². The highest BCUT2D eigenvalue weighted by Crippen LogP contribution is 2.49. The number of allylic oxidation sites excluding steroid dienone is 4. The van der Waals surface area contributed by atoms with Crippen molar-refractivity contribution in [2.45, 2.75) is 109 Å². The highest BCUT2D eigenvalue weighted by atomic mass is 19.2. The summed E-state index contributed by atoms with van der Waals surface area (Å²) in [5.74, 6) is 2.56. The van der Waals surface area contributed by atoms with E-state index in [2.05, 4.69) is 13.8 Å². The van der Waals surface area contributed by atoms with E-state index in [-0.39, 0.29) is 17.8 Å². The molecule has 0 N–H and O–H groups in total. The van der Waals surface area contributed by atoms with E-state index in [1.165, 1.54) is 76.4 Å². The fourth-order valence-electron chi connectivity index (χ4n) is 7.50. The van der Waals surface area contributed by atoms with Gasteiger partial charge in [0.25, 0.3) is 0 Å². The van der Waals surface area contributed by atoms with Gasteiger partial charge in [0.2, 0.25) is 0 Å². The molecular formula is C33H48F2. The molecule has 0 nitrogen and oxygen atoms in total. The van der Waals surface area contributed by atoms with Gasteiger partial charge < -0.3 is 0 Å². The Labute approximate surface area is 213 Å². The Morgan fingerprint density at radius 1 is 0.857 bits per heavy atom. The van der Waals surface area contributed by atoms with Crippen LogP contribution in [0.25, 0.3) is 0 Å². The first-order chi connectivity index (χ1) is 16.9. The molecule has 2 fully saturated rings. The maximum absolute atomic E-state index is 16.0. The van der Waals surface area contributed by atoms with E-state index in [4.69, 9.17) is 0 Å². The molecule has 4 unspecified atom stereocenters. The Hall–Kier alpha value is -1.44. The average molecular weight is 483 g/mol. The van der Waals surface area contributed by atoms with Crippen LogP contribution >= 0.6 is 0 Å². The van der Waals surface area contributed by atoms with Crippen LogP contribution in [-0.2, 0) is 0 Å². The summed E-state index contributed by atoms with van der Waals surface area (Å²) in [4.78, 5) is 0. The van der Waals surface area contributed by atoms with Crippen molar-refractivity contribution in [2.24, 2.45) is 35.5 Å². The second kappa shape index (κ2) is 12.2. The minimum atomic E-state index is -1.95. The molecule has 0 spiro atoms. The Kier molecular flexibility index (Phi) is 9.28. The molecule has 0 saturated heterocycles. The Morgan fingerprint density at radius 3 is 2.06 bits per heavy atom. The van der Waals surface area contributed by atoms with Crippen LogP contribution in [-0.4, -0.2) is 5.67 Å². The summed E-state index contributed by atoms with van der Waals surface area (Å²) in [6.07, 6.45) is 20.6. The highest BCUT2D eigenvalue weighted by Gasteiger charge is 2.45. The normalized spacial score (nSPS) is 35.3. The molecule has 4 rings (SSSR count). The molecule has 35 heavy (non-hydrogen) atoms. The molecule has 0 aliphatic heterocycles. The van der Waals surface area contributed by atoms with Crippen LogP contribution in [0.15, 0.2) is 54.4 Å². The van der Waals surface area contributed by atoms with Crippen LogP contribution in [0.3, 0.4) is 0 Å². The summed E-state index contributed by atoms with van der Waals surface area (Å²) in [6.45, 7) is 6.72. The lowest BCUT2D eigenvalue weighted by Crippen LogP contribution is -2.39. The fraction of sp³-hybridized carbons (Fsp3) is 0.697. The molecule has 2 heteroatoms. The van der Waals surface area contributed by atoms with Gasteiger partial charge in [-0.3, -0.25) is 0 Å². The minimum Gasteiger partial charge on any atom is -0.231 e. The molecular weight excluding hydrogens is 434 g/mol. The van der Waals surface area contributed by atoms with Crippen LogP contribution in [0.2, 0.25) is 0 Å². The second-order valence-corrected chi connectivity index (χ2v) is 12.2. The predicted octanol–water partition coefficient (Wildman–Crippen LogP) is 10.4. The number of halogens is 2. The van der Waals surface area contributed by atoms with E-state index in [1.807, 2.05) is 43.3 Å². The van der Waals surface area contributed by atoms with E-state index in [0.29, 0.717) is 0 Å². The maximum Gasteiger partial charge on any atom is 0.182 e. The number of alkyl halides is 1. The lowest BCUT2D eigenvalue weighted by Gasteiger charge is -2.42. The van der Waals surface area contributed by atoms with E-state index >= 15 is 8.78 Å². The maximum atomic E-state index is 16.0. The summed E-state index contributed by atoms with van der Waals surface area (Å²) in [5, 5.41) is 0. The van der Waals surface area contributed by atoms with Gasteiger partial charge in [-0.25, -0.2) is 8.78 Å². The quantitative estimate of drug-likeness (QED) is 0.242. The third-order valence-corrected chi connectivity index (χ3v) is 10.2. The number of unbranched alkanes of at least 4 members (excludes halogenated alkanes) is 2. The lowest BCUT2D eigenvalue weighted by atomic mass is 9.64. The topological polar surface area (TPSA) is 0 Å². The molecule has 0 bridgehead atoms. The first-order valence-corrected chi connectivity index (χ1v) is 14.7. The SMILES string of the molecule is CCCCCC1CCC(C(C)C2CCC(C(C)C3(F)C=CC(c4ccccc4)C=C3F)CC2)CC1. The van der Waals surface area contributed by atoms with Crippen molar-refractivity contribution in [3.05, 3.63) is 60.0 Å². The fourth-order valence-corrected chi connectivity index (χ4v) is 7.50. The molecule has 194 valence electrons. The van der Waals surface area contributed by atoms with Gasteiger partial charge in [-0.2, -0.15) is 0 Å². The number of hydrogen-bond donors (Lipinski definition) is 0. The van der Waals surface area contributed by atoms with Gasteiger partial charge in [-0.05, 0) is 85.8 Å². The predicted molar refractivity (Wildman–Crippen MR) is 145 cm³/mol. The van der Waals surface area contributed by atoms with Gasteiger partial charge in [0, 0.05) is 11.8 Å². The number of rotatable bonds is 9. The third-order valence-electron chi connectivity index (χ3n) is 10.2. The zero-order valence-electron chi connectivity index (χ0n) is 22.4. The van der Waals surface area contributed by atoms with Crippen molar-refractivity contribution in [3.8, 4) is 0 Å². The minimum absolute atomic E-state index is 0.175. The van der Waals surface area contributed by atoms with Gasteiger partial charge in [-0.1, -0.05) is 95.7 Å². The van der Waals surface area contributed by atoms with Gasteiger partial charge >= 0.3 is 0 Å². The molecule has 0 heterocycles. The number of benzene rings is 1. The van der Waals surface area contributed by atoms with E-state index in [9.17, 15) is 0 Å². The molecule has 0 amide bonds. The van der Waals surface area contributed by atoms with Crippen LogP contribution in [0.4, 0.5) is 8.78 Å². The first-order valence-electron chi connectivity index (χ1n) is 14.7. The van der Waals surface area contributed by atoms with Gasteiger partial charge in [0.05, 0.1) is 0 Å². The van der Waals surface area contributed by atoms with Crippen molar-refractivity contribution in [1.29, 1.82) is 0 Å². The largest absolute Gasteiger partial charge is 0.231 e.